The first-order valence-corrected chi connectivity index (χ1v) is 6.31. The summed E-state index contributed by atoms with van der Waals surface area (Å²) in [4.78, 5) is 0. The zero-order chi connectivity index (χ0) is 8.69. The van der Waals surface area contributed by atoms with E-state index in [1.54, 1.807) is 0 Å². The summed E-state index contributed by atoms with van der Waals surface area (Å²) in [7, 11) is -1.19. The molecule has 0 amide bonds. The van der Waals surface area contributed by atoms with Gasteiger partial charge >= 0.3 is 0 Å². The SMILES string of the molecule is C=C[SiH](C)ON=C(C)CCC. The summed E-state index contributed by atoms with van der Waals surface area (Å²) < 4.78 is 5.21. The van der Waals surface area contributed by atoms with Crippen molar-refractivity contribution in [3.05, 3.63) is 12.3 Å². The molecule has 0 spiro atoms. The Morgan fingerprint density at radius 3 is 2.82 bits per heavy atom. The molecule has 0 radical (unpaired) electrons. The van der Waals surface area contributed by atoms with E-state index < -0.39 is 9.04 Å². The van der Waals surface area contributed by atoms with Crippen LogP contribution in [0.15, 0.2) is 17.4 Å². The Labute approximate surface area is 70.7 Å². The second-order valence-corrected chi connectivity index (χ2v) is 4.72. The molecule has 0 heterocycles. The van der Waals surface area contributed by atoms with Crippen molar-refractivity contribution in [2.75, 3.05) is 0 Å². The van der Waals surface area contributed by atoms with Crippen LogP contribution in [0.2, 0.25) is 6.55 Å². The first-order valence-electron chi connectivity index (χ1n) is 4.02. The molecule has 0 bridgehead atoms. The van der Waals surface area contributed by atoms with Gasteiger partial charge in [-0.25, -0.2) is 0 Å². The third kappa shape index (κ3) is 5.85. The number of oxime groups is 1. The fraction of sp³-hybridized carbons (Fsp3) is 0.625. The van der Waals surface area contributed by atoms with E-state index in [4.69, 9.17) is 4.53 Å². The van der Waals surface area contributed by atoms with Gasteiger partial charge in [0, 0.05) is 0 Å². The van der Waals surface area contributed by atoms with Crippen LogP contribution in [0.4, 0.5) is 0 Å². The normalized spacial score (nSPS) is 14.3. The van der Waals surface area contributed by atoms with Gasteiger partial charge in [0.2, 0.25) is 0 Å². The van der Waals surface area contributed by atoms with Crippen LogP contribution in [-0.2, 0) is 4.53 Å². The van der Waals surface area contributed by atoms with Crippen molar-refractivity contribution in [3.63, 3.8) is 0 Å². The first kappa shape index (κ1) is 10.4. The minimum absolute atomic E-state index is 1.03. The molecule has 11 heavy (non-hydrogen) atoms. The van der Waals surface area contributed by atoms with E-state index >= 15 is 0 Å². The molecule has 0 fully saturated rings. The van der Waals surface area contributed by atoms with Gasteiger partial charge in [-0.3, -0.25) is 0 Å². The van der Waals surface area contributed by atoms with E-state index in [-0.39, 0.29) is 0 Å². The van der Waals surface area contributed by atoms with Crippen LogP contribution < -0.4 is 0 Å². The average Bonchev–Trinajstić information content (AvgIpc) is 2.01. The monoisotopic (exact) mass is 171 g/mol. The molecule has 0 aliphatic carbocycles. The highest BCUT2D eigenvalue weighted by atomic mass is 28.3. The minimum Gasteiger partial charge on any atom is -0.454 e. The second-order valence-electron chi connectivity index (χ2n) is 2.62. The highest BCUT2D eigenvalue weighted by Gasteiger charge is 1.97. The highest BCUT2D eigenvalue weighted by molar-refractivity contribution is 6.55. The van der Waals surface area contributed by atoms with E-state index in [0.717, 1.165) is 18.6 Å². The van der Waals surface area contributed by atoms with Crippen LogP contribution in [0.1, 0.15) is 26.7 Å². The summed E-state index contributed by atoms with van der Waals surface area (Å²) in [5, 5.41) is 3.99. The van der Waals surface area contributed by atoms with Crippen LogP contribution in [0.5, 0.6) is 0 Å². The molecule has 0 aliphatic rings. The van der Waals surface area contributed by atoms with E-state index in [1.807, 2.05) is 12.6 Å². The molecular formula is C8H17NOSi. The fourth-order valence-electron chi connectivity index (χ4n) is 0.624. The predicted octanol–water partition coefficient (Wildman–Crippen LogP) is 2.26. The van der Waals surface area contributed by atoms with Gasteiger partial charge in [0.25, 0.3) is 9.04 Å². The van der Waals surface area contributed by atoms with Crippen molar-refractivity contribution in [1.29, 1.82) is 0 Å². The Kier molecular flexibility index (Phi) is 5.84. The lowest BCUT2D eigenvalue weighted by Gasteiger charge is -2.03. The molecule has 0 aromatic carbocycles. The highest BCUT2D eigenvalue weighted by Crippen LogP contribution is 1.94. The zero-order valence-corrected chi connectivity index (χ0v) is 8.79. The third-order valence-corrected chi connectivity index (χ3v) is 2.42. The van der Waals surface area contributed by atoms with Gasteiger partial charge in [0.1, 0.15) is 0 Å². The van der Waals surface area contributed by atoms with Crippen LogP contribution in [0.25, 0.3) is 0 Å². The molecule has 1 unspecified atom stereocenters. The van der Waals surface area contributed by atoms with Crippen LogP contribution in [0, 0.1) is 0 Å². The molecule has 0 aromatic rings. The van der Waals surface area contributed by atoms with Crippen LogP contribution in [-0.4, -0.2) is 14.8 Å². The summed E-state index contributed by atoms with van der Waals surface area (Å²) in [5.74, 6) is 0. The molecular weight excluding hydrogens is 154 g/mol. The van der Waals surface area contributed by atoms with Gasteiger partial charge in [-0.1, -0.05) is 19.0 Å². The Balaban J connectivity index is 3.62. The summed E-state index contributed by atoms with van der Waals surface area (Å²) in [6.07, 6.45) is 2.15. The minimum atomic E-state index is -1.19. The van der Waals surface area contributed by atoms with Crippen molar-refractivity contribution in [1.82, 2.24) is 0 Å². The van der Waals surface area contributed by atoms with Gasteiger partial charge in [-0.15, -0.1) is 11.7 Å². The molecule has 2 nitrogen and oxygen atoms in total. The predicted molar refractivity (Wildman–Crippen MR) is 52.3 cm³/mol. The third-order valence-electron chi connectivity index (χ3n) is 1.32. The van der Waals surface area contributed by atoms with Gasteiger partial charge in [0.05, 0.1) is 5.71 Å². The lowest BCUT2D eigenvalue weighted by Crippen LogP contribution is -2.06. The molecule has 0 saturated carbocycles. The Bertz CT molecular complexity index is 145. The maximum Gasteiger partial charge on any atom is 0.292 e. The van der Waals surface area contributed by atoms with Gasteiger partial charge in [-0.2, -0.15) is 0 Å². The van der Waals surface area contributed by atoms with Crippen molar-refractivity contribution in [3.8, 4) is 0 Å². The number of rotatable bonds is 5. The van der Waals surface area contributed by atoms with Gasteiger partial charge in [0.15, 0.2) is 0 Å². The molecule has 0 aromatic heterocycles. The Morgan fingerprint density at radius 1 is 1.73 bits per heavy atom. The summed E-state index contributed by atoms with van der Waals surface area (Å²) >= 11 is 0. The maximum absolute atomic E-state index is 5.21. The summed E-state index contributed by atoms with van der Waals surface area (Å²) in [6, 6.07) is 0. The number of hydrogen-bond acceptors (Lipinski definition) is 2. The Morgan fingerprint density at radius 2 is 2.36 bits per heavy atom. The molecule has 3 heteroatoms. The fourth-order valence-corrected chi connectivity index (χ4v) is 1.06. The number of nitrogens with zero attached hydrogens (tertiary/aromatic N) is 1. The quantitative estimate of drug-likeness (QED) is 0.353. The maximum atomic E-state index is 5.21. The Hall–Kier alpha value is -0.573. The van der Waals surface area contributed by atoms with Gasteiger partial charge in [-0.05, 0) is 19.9 Å². The molecule has 0 rings (SSSR count). The van der Waals surface area contributed by atoms with Crippen molar-refractivity contribution in [2.45, 2.75) is 33.2 Å². The van der Waals surface area contributed by atoms with Crippen LogP contribution >= 0.6 is 0 Å². The van der Waals surface area contributed by atoms with Crippen molar-refractivity contribution in [2.24, 2.45) is 5.16 Å². The lowest BCUT2D eigenvalue weighted by atomic mass is 10.2. The zero-order valence-electron chi connectivity index (χ0n) is 7.63. The topological polar surface area (TPSA) is 21.6 Å². The summed E-state index contributed by atoms with van der Waals surface area (Å²) in [6.45, 7) is 9.83. The number of hydrogen-bond donors (Lipinski definition) is 0. The average molecular weight is 171 g/mol. The van der Waals surface area contributed by atoms with Crippen molar-refractivity contribution < 1.29 is 4.53 Å². The van der Waals surface area contributed by atoms with Crippen LogP contribution in [0.3, 0.4) is 0 Å². The van der Waals surface area contributed by atoms with Gasteiger partial charge < -0.3 is 4.53 Å². The summed E-state index contributed by atoms with van der Waals surface area (Å²) in [5.41, 5.74) is 2.94. The van der Waals surface area contributed by atoms with E-state index in [0.29, 0.717) is 0 Å². The molecule has 0 N–H and O–H groups in total. The van der Waals surface area contributed by atoms with E-state index in [9.17, 15) is 0 Å². The smallest absolute Gasteiger partial charge is 0.292 e. The van der Waals surface area contributed by atoms with E-state index in [1.165, 1.54) is 0 Å². The molecule has 1 atom stereocenters. The largest absolute Gasteiger partial charge is 0.454 e. The molecule has 64 valence electrons. The second kappa shape index (κ2) is 6.16. The van der Waals surface area contributed by atoms with Crippen molar-refractivity contribution >= 4 is 14.8 Å². The molecule has 0 saturated heterocycles. The lowest BCUT2D eigenvalue weighted by molar-refractivity contribution is 0.353. The molecule has 0 aliphatic heterocycles. The van der Waals surface area contributed by atoms with E-state index in [2.05, 4.69) is 25.2 Å². The standard InChI is InChI=1S/C8H17NOSi/c1-5-7-8(3)9-10-11(4)6-2/h6,11H,2,5,7H2,1,3-4H3. The first-order chi connectivity index (χ1) is 5.20.